The van der Waals surface area contributed by atoms with Gasteiger partial charge in [0.15, 0.2) is 0 Å². The summed E-state index contributed by atoms with van der Waals surface area (Å²) in [4.78, 5) is 16.7. The lowest BCUT2D eigenvalue weighted by Crippen LogP contribution is -1.90. The van der Waals surface area contributed by atoms with Gasteiger partial charge in [-0.05, 0) is 34.1 Å². The molecule has 0 saturated heterocycles. The molecule has 4 nitrogen and oxygen atoms in total. The van der Waals surface area contributed by atoms with E-state index in [1.54, 1.807) is 12.5 Å². The molecule has 22 heavy (non-hydrogen) atoms. The highest BCUT2D eigenvalue weighted by molar-refractivity contribution is 9.10. The van der Waals surface area contributed by atoms with Crippen LogP contribution in [0, 0.1) is 0 Å². The van der Waals surface area contributed by atoms with Crippen molar-refractivity contribution in [3.05, 3.63) is 65.5 Å². The molecule has 0 aliphatic rings. The molecule has 0 bridgehead atoms. The molecule has 106 valence electrons. The molecule has 0 saturated carbocycles. The Balaban J connectivity index is 1.88. The molecule has 4 aromatic rings. The van der Waals surface area contributed by atoms with Gasteiger partial charge in [0.1, 0.15) is 0 Å². The average molecular weight is 351 g/mol. The van der Waals surface area contributed by atoms with E-state index in [1.165, 1.54) is 0 Å². The van der Waals surface area contributed by atoms with Crippen molar-refractivity contribution in [3.8, 4) is 22.6 Å². The van der Waals surface area contributed by atoms with E-state index in [0.717, 1.165) is 38.2 Å². The van der Waals surface area contributed by atoms with E-state index in [9.17, 15) is 0 Å². The molecule has 0 aliphatic carbocycles. The molecular weight excluding hydrogens is 340 g/mol. The summed E-state index contributed by atoms with van der Waals surface area (Å²) in [6, 6.07) is 16.0. The molecular formula is C17H11BrN4. The zero-order valence-electron chi connectivity index (χ0n) is 11.5. The van der Waals surface area contributed by atoms with Crippen molar-refractivity contribution >= 4 is 27.0 Å². The lowest BCUT2D eigenvalue weighted by atomic mass is 10.1. The number of benzene rings is 1. The number of aromatic nitrogens is 4. The Morgan fingerprint density at radius 1 is 0.909 bits per heavy atom. The van der Waals surface area contributed by atoms with Gasteiger partial charge in [0, 0.05) is 16.2 Å². The van der Waals surface area contributed by atoms with E-state index < -0.39 is 0 Å². The first kappa shape index (κ1) is 13.2. The quantitative estimate of drug-likeness (QED) is 0.581. The van der Waals surface area contributed by atoms with Crippen LogP contribution in [0.3, 0.4) is 0 Å². The molecule has 0 radical (unpaired) electrons. The van der Waals surface area contributed by atoms with E-state index in [2.05, 4.69) is 30.9 Å². The van der Waals surface area contributed by atoms with Crippen LogP contribution < -0.4 is 0 Å². The predicted octanol–water partition coefficient (Wildman–Crippen LogP) is 4.45. The van der Waals surface area contributed by atoms with Gasteiger partial charge in [-0.25, -0.2) is 9.97 Å². The average Bonchev–Trinajstić information content (AvgIpc) is 3.04. The lowest BCUT2D eigenvalue weighted by Gasteiger charge is -2.04. The van der Waals surface area contributed by atoms with Gasteiger partial charge in [-0.1, -0.05) is 30.3 Å². The highest BCUT2D eigenvalue weighted by Crippen LogP contribution is 2.28. The van der Waals surface area contributed by atoms with Gasteiger partial charge in [0.05, 0.1) is 34.4 Å². The number of H-pyrrole nitrogens is 1. The summed E-state index contributed by atoms with van der Waals surface area (Å²) in [6.07, 6.45) is 3.47. The number of nitrogens with zero attached hydrogens (tertiary/aromatic N) is 3. The lowest BCUT2D eigenvalue weighted by molar-refractivity contribution is 1.28. The van der Waals surface area contributed by atoms with Crippen LogP contribution in [0.1, 0.15) is 0 Å². The van der Waals surface area contributed by atoms with Crippen molar-refractivity contribution in [1.29, 1.82) is 0 Å². The van der Waals surface area contributed by atoms with E-state index in [0.29, 0.717) is 0 Å². The van der Waals surface area contributed by atoms with Crippen molar-refractivity contribution in [2.24, 2.45) is 0 Å². The Morgan fingerprint density at radius 3 is 2.64 bits per heavy atom. The summed E-state index contributed by atoms with van der Waals surface area (Å²) in [5.74, 6) is 0. The van der Waals surface area contributed by atoms with Crippen molar-refractivity contribution in [2.75, 3.05) is 0 Å². The Hall–Kier alpha value is -2.53. The monoisotopic (exact) mass is 350 g/mol. The third kappa shape index (κ3) is 2.29. The number of pyridine rings is 2. The van der Waals surface area contributed by atoms with Gasteiger partial charge in [-0.2, -0.15) is 0 Å². The fourth-order valence-electron chi connectivity index (χ4n) is 2.43. The number of hydrogen-bond donors (Lipinski definition) is 1. The fraction of sp³-hybridized carbons (Fsp3) is 0. The van der Waals surface area contributed by atoms with Crippen molar-refractivity contribution in [1.82, 2.24) is 19.9 Å². The van der Waals surface area contributed by atoms with Gasteiger partial charge >= 0.3 is 0 Å². The van der Waals surface area contributed by atoms with Crippen molar-refractivity contribution < 1.29 is 0 Å². The topological polar surface area (TPSA) is 54.5 Å². The largest absolute Gasteiger partial charge is 0.343 e. The van der Waals surface area contributed by atoms with Gasteiger partial charge < -0.3 is 4.98 Å². The van der Waals surface area contributed by atoms with Gasteiger partial charge in [-0.3, -0.25) is 4.98 Å². The Kier molecular flexibility index (Phi) is 3.20. The SMILES string of the molecule is Brc1cnc2ccc(-c3[nH]cnc3-c3ccccc3)nc2c1. The molecule has 3 aromatic heterocycles. The molecule has 1 N–H and O–H groups in total. The molecule has 0 atom stereocenters. The summed E-state index contributed by atoms with van der Waals surface area (Å²) in [5.41, 5.74) is 5.44. The fourth-order valence-corrected chi connectivity index (χ4v) is 2.74. The second-order valence-corrected chi connectivity index (χ2v) is 5.80. The second-order valence-electron chi connectivity index (χ2n) is 4.88. The normalized spacial score (nSPS) is 11.0. The van der Waals surface area contributed by atoms with Crippen LogP contribution in [0.5, 0.6) is 0 Å². The number of nitrogens with one attached hydrogen (secondary N) is 1. The standard InChI is InChI=1S/C17H11BrN4/c18-12-8-15-13(19-9-12)6-7-14(22-15)17-16(20-10-21-17)11-4-2-1-3-5-11/h1-10H,(H,20,21). The summed E-state index contributed by atoms with van der Waals surface area (Å²) in [7, 11) is 0. The molecule has 4 rings (SSSR count). The van der Waals surface area contributed by atoms with Crippen molar-refractivity contribution in [3.63, 3.8) is 0 Å². The molecule has 0 fully saturated rings. The molecule has 0 unspecified atom stereocenters. The van der Waals surface area contributed by atoms with E-state index in [1.807, 2.05) is 48.5 Å². The number of fused-ring (bicyclic) bond motifs is 1. The Labute approximate surface area is 135 Å². The third-order valence-electron chi connectivity index (χ3n) is 3.45. The Bertz CT molecular complexity index is 947. The number of hydrogen-bond acceptors (Lipinski definition) is 3. The van der Waals surface area contributed by atoms with Crippen LogP contribution in [0.25, 0.3) is 33.7 Å². The first-order valence-electron chi connectivity index (χ1n) is 6.83. The molecule has 0 amide bonds. The van der Waals surface area contributed by atoms with Crippen LogP contribution in [-0.2, 0) is 0 Å². The maximum Gasteiger partial charge on any atom is 0.0977 e. The van der Waals surface area contributed by atoms with E-state index >= 15 is 0 Å². The summed E-state index contributed by atoms with van der Waals surface area (Å²) in [5, 5.41) is 0. The summed E-state index contributed by atoms with van der Waals surface area (Å²) < 4.78 is 0.914. The van der Waals surface area contributed by atoms with Crippen LogP contribution in [-0.4, -0.2) is 19.9 Å². The first-order chi connectivity index (χ1) is 10.8. The minimum Gasteiger partial charge on any atom is -0.343 e. The van der Waals surface area contributed by atoms with E-state index in [-0.39, 0.29) is 0 Å². The molecule has 0 spiro atoms. The van der Waals surface area contributed by atoms with E-state index in [4.69, 9.17) is 4.98 Å². The van der Waals surface area contributed by atoms with Crippen LogP contribution in [0.4, 0.5) is 0 Å². The van der Waals surface area contributed by atoms with Gasteiger partial charge in [-0.15, -0.1) is 0 Å². The maximum atomic E-state index is 4.70. The molecule has 0 aliphatic heterocycles. The Morgan fingerprint density at radius 2 is 1.77 bits per heavy atom. The second kappa shape index (κ2) is 5.35. The van der Waals surface area contributed by atoms with Gasteiger partial charge in [0.25, 0.3) is 0 Å². The predicted molar refractivity (Wildman–Crippen MR) is 90.3 cm³/mol. The maximum absolute atomic E-state index is 4.70. The van der Waals surface area contributed by atoms with Crippen LogP contribution in [0.15, 0.2) is 65.5 Å². The number of imidazole rings is 1. The first-order valence-corrected chi connectivity index (χ1v) is 7.62. The summed E-state index contributed by atoms with van der Waals surface area (Å²) >= 11 is 3.43. The number of rotatable bonds is 2. The zero-order chi connectivity index (χ0) is 14.9. The molecule has 3 heterocycles. The smallest absolute Gasteiger partial charge is 0.0977 e. The van der Waals surface area contributed by atoms with Crippen LogP contribution in [0.2, 0.25) is 0 Å². The molecule has 5 heteroatoms. The van der Waals surface area contributed by atoms with Crippen molar-refractivity contribution in [2.45, 2.75) is 0 Å². The van der Waals surface area contributed by atoms with Crippen LogP contribution >= 0.6 is 15.9 Å². The minimum atomic E-state index is 0.848. The third-order valence-corrected chi connectivity index (χ3v) is 3.88. The minimum absolute atomic E-state index is 0.848. The highest BCUT2D eigenvalue weighted by Gasteiger charge is 2.12. The summed E-state index contributed by atoms with van der Waals surface area (Å²) in [6.45, 7) is 0. The number of aromatic amines is 1. The number of halogens is 1. The zero-order valence-corrected chi connectivity index (χ0v) is 13.1. The van der Waals surface area contributed by atoms with Gasteiger partial charge in [0.2, 0.25) is 0 Å². The highest BCUT2D eigenvalue weighted by atomic mass is 79.9. The molecule has 1 aromatic carbocycles.